The van der Waals surface area contributed by atoms with Crippen molar-refractivity contribution in [1.29, 1.82) is 0 Å². The van der Waals surface area contributed by atoms with Crippen LogP contribution in [0.15, 0.2) is 34.9 Å². The molecule has 1 N–H and O–H groups in total. The first-order valence-electron chi connectivity index (χ1n) is 10.8. The minimum Gasteiger partial charge on any atom is -0.466 e. The van der Waals surface area contributed by atoms with E-state index in [1.165, 1.54) is 12.0 Å². The fourth-order valence-electron chi connectivity index (χ4n) is 4.59. The van der Waals surface area contributed by atoms with Gasteiger partial charge in [0.25, 0.3) is 11.8 Å². The largest absolute Gasteiger partial charge is 0.466 e. The van der Waals surface area contributed by atoms with E-state index in [0.717, 1.165) is 25.7 Å². The minimum atomic E-state index is -0.349. The van der Waals surface area contributed by atoms with E-state index in [4.69, 9.17) is 4.74 Å². The van der Waals surface area contributed by atoms with Gasteiger partial charge < -0.3 is 10.1 Å². The molecule has 1 fully saturated rings. The fourth-order valence-corrected chi connectivity index (χ4v) is 6.15. The molecule has 1 saturated carbocycles. The van der Waals surface area contributed by atoms with Crippen LogP contribution in [-0.2, 0) is 14.3 Å². The van der Waals surface area contributed by atoms with Gasteiger partial charge in [0, 0.05) is 24.1 Å². The van der Waals surface area contributed by atoms with Gasteiger partial charge in [-0.25, -0.2) is 4.79 Å². The van der Waals surface area contributed by atoms with Crippen LogP contribution in [-0.4, -0.2) is 47.5 Å². The van der Waals surface area contributed by atoms with E-state index in [1.54, 1.807) is 36.0 Å². The SMILES string of the molecule is COC(=O)C1=C(NC(=O)CCCCCN2C(=O)c3ccccc3C2=O)S[C@H]2CCC[C@H]12. The van der Waals surface area contributed by atoms with Gasteiger partial charge in [-0.05, 0) is 37.8 Å². The van der Waals surface area contributed by atoms with Gasteiger partial charge in [0.05, 0.1) is 28.8 Å². The van der Waals surface area contributed by atoms with Crippen LogP contribution in [0.25, 0.3) is 0 Å². The maximum absolute atomic E-state index is 12.4. The Morgan fingerprint density at radius 2 is 1.81 bits per heavy atom. The number of unbranched alkanes of at least 4 members (excludes halogenated alkanes) is 2. The molecule has 0 saturated heterocycles. The molecule has 3 aliphatic rings. The summed E-state index contributed by atoms with van der Waals surface area (Å²) in [6.07, 6.45) is 5.45. The third-order valence-corrected chi connectivity index (χ3v) is 7.58. The predicted molar refractivity (Wildman–Crippen MR) is 116 cm³/mol. The van der Waals surface area contributed by atoms with Gasteiger partial charge in [0.1, 0.15) is 0 Å². The summed E-state index contributed by atoms with van der Waals surface area (Å²) < 4.78 is 4.94. The monoisotopic (exact) mass is 442 g/mol. The summed E-state index contributed by atoms with van der Waals surface area (Å²) in [6, 6.07) is 6.85. The van der Waals surface area contributed by atoms with Crippen LogP contribution in [0.1, 0.15) is 65.7 Å². The average Bonchev–Trinajstić information content (AvgIpc) is 3.41. The zero-order chi connectivity index (χ0) is 22.0. The van der Waals surface area contributed by atoms with E-state index in [0.29, 0.717) is 52.8 Å². The van der Waals surface area contributed by atoms with Gasteiger partial charge in [0.2, 0.25) is 5.91 Å². The van der Waals surface area contributed by atoms with Crippen LogP contribution in [0.5, 0.6) is 0 Å². The lowest BCUT2D eigenvalue weighted by Gasteiger charge is -2.13. The molecule has 31 heavy (non-hydrogen) atoms. The van der Waals surface area contributed by atoms with E-state index in [2.05, 4.69) is 5.32 Å². The zero-order valence-electron chi connectivity index (χ0n) is 17.5. The Kier molecular flexibility index (Phi) is 6.46. The number of esters is 1. The highest BCUT2D eigenvalue weighted by Gasteiger charge is 2.43. The fraction of sp³-hybridized carbons (Fsp3) is 0.478. The van der Waals surface area contributed by atoms with Crippen molar-refractivity contribution in [2.24, 2.45) is 5.92 Å². The van der Waals surface area contributed by atoms with Crippen LogP contribution >= 0.6 is 11.8 Å². The zero-order valence-corrected chi connectivity index (χ0v) is 18.3. The lowest BCUT2D eigenvalue weighted by molar-refractivity contribution is -0.136. The number of carbonyl (C=O) groups excluding carboxylic acids is 4. The Morgan fingerprint density at radius 3 is 2.48 bits per heavy atom. The quantitative estimate of drug-likeness (QED) is 0.377. The number of benzene rings is 1. The van der Waals surface area contributed by atoms with Crippen molar-refractivity contribution in [2.45, 2.75) is 50.2 Å². The van der Waals surface area contributed by atoms with Crippen LogP contribution < -0.4 is 5.32 Å². The number of fused-ring (bicyclic) bond motifs is 2. The topological polar surface area (TPSA) is 92.8 Å². The molecule has 2 atom stereocenters. The number of rotatable bonds is 8. The number of carbonyl (C=O) groups is 4. The second-order valence-electron chi connectivity index (χ2n) is 8.09. The molecule has 0 aromatic heterocycles. The molecule has 0 spiro atoms. The summed E-state index contributed by atoms with van der Waals surface area (Å²) in [5.74, 6) is -0.788. The van der Waals surface area contributed by atoms with E-state index in [9.17, 15) is 19.2 Å². The molecule has 0 bridgehead atoms. The molecule has 3 amide bonds. The van der Waals surface area contributed by atoms with Crippen molar-refractivity contribution in [3.8, 4) is 0 Å². The smallest absolute Gasteiger partial charge is 0.336 e. The number of imide groups is 1. The highest BCUT2D eigenvalue weighted by Crippen LogP contribution is 2.49. The highest BCUT2D eigenvalue weighted by atomic mass is 32.2. The molecule has 1 aliphatic carbocycles. The Bertz CT molecular complexity index is 922. The standard InChI is InChI=1S/C23H26N2O5S/c1-30-23(29)19-16-10-7-11-17(16)31-20(19)24-18(26)12-3-2-6-13-25-21(27)14-8-4-5-9-15(14)22(25)28/h4-5,8-9,16-17H,2-3,6-7,10-13H2,1H3,(H,24,26)/t16-,17-/m0/s1. The summed E-state index contributed by atoms with van der Waals surface area (Å²) >= 11 is 1.58. The lowest BCUT2D eigenvalue weighted by atomic mass is 9.98. The van der Waals surface area contributed by atoms with Crippen LogP contribution in [0.2, 0.25) is 0 Å². The van der Waals surface area contributed by atoms with E-state index in [1.807, 2.05) is 0 Å². The van der Waals surface area contributed by atoms with Crippen molar-refractivity contribution in [3.63, 3.8) is 0 Å². The molecule has 1 aromatic rings. The lowest BCUT2D eigenvalue weighted by Crippen LogP contribution is -2.30. The van der Waals surface area contributed by atoms with Crippen LogP contribution in [0.4, 0.5) is 0 Å². The van der Waals surface area contributed by atoms with Crippen LogP contribution in [0.3, 0.4) is 0 Å². The molecule has 4 rings (SSSR count). The van der Waals surface area contributed by atoms with Gasteiger partial charge in [-0.3, -0.25) is 19.3 Å². The maximum Gasteiger partial charge on any atom is 0.336 e. The number of nitrogens with zero attached hydrogens (tertiary/aromatic N) is 1. The summed E-state index contributed by atoms with van der Waals surface area (Å²) in [5, 5.41) is 3.92. The number of hydrogen-bond donors (Lipinski definition) is 1. The van der Waals surface area contributed by atoms with Crippen molar-refractivity contribution < 1.29 is 23.9 Å². The summed E-state index contributed by atoms with van der Waals surface area (Å²) in [7, 11) is 1.37. The molecule has 2 aliphatic heterocycles. The Labute approximate surface area is 185 Å². The molecular weight excluding hydrogens is 416 g/mol. The van der Waals surface area contributed by atoms with Crippen molar-refractivity contribution >= 4 is 35.5 Å². The number of methoxy groups -OCH3 is 1. The number of ether oxygens (including phenoxy) is 1. The number of nitrogens with one attached hydrogen (secondary N) is 1. The Morgan fingerprint density at radius 1 is 1.10 bits per heavy atom. The second kappa shape index (κ2) is 9.26. The summed E-state index contributed by atoms with van der Waals surface area (Å²) in [6.45, 7) is 0.352. The maximum atomic E-state index is 12.4. The van der Waals surface area contributed by atoms with Gasteiger partial charge in [-0.1, -0.05) is 25.0 Å². The van der Waals surface area contributed by atoms with E-state index < -0.39 is 0 Å². The molecule has 0 radical (unpaired) electrons. The molecular formula is C23H26N2O5S. The average molecular weight is 443 g/mol. The van der Waals surface area contributed by atoms with Gasteiger partial charge >= 0.3 is 5.97 Å². The third-order valence-electron chi connectivity index (χ3n) is 6.16. The number of thioether (sulfide) groups is 1. The van der Waals surface area contributed by atoms with Gasteiger partial charge in [0.15, 0.2) is 0 Å². The van der Waals surface area contributed by atoms with Crippen LogP contribution in [0, 0.1) is 5.92 Å². The third kappa shape index (κ3) is 4.26. The minimum absolute atomic E-state index is 0.121. The molecule has 8 heteroatoms. The van der Waals surface area contributed by atoms with Gasteiger partial charge in [-0.15, -0.1) is 11.8 Å². The van der Waals surface area contributed by atoms with Crippen molar-refractivity contribution in [1.82, 2.24) is 10.2 Å². The molecule has 0 unspecified atom stereocenters. The number of hydrogen-bond acceptors (Lipinski definition) is 6. The second-order valence-corrected chi connectivity index (χ2v) is 9.34. The Hall–Kier alpha value is -2.61. The summed E-state index contributed by atoms with van der Waals surface area (Å²) in [5.41, 5.74) is 1.54. The normalized spacial score (nSPS) is 22.0. The predicted octanol–water partition coefficient (Wildman–Crippen LogP) is 3.26. The first-order valence-corrected chi connectivity index (χ1v) is 11.6. The van der Waals surface area contributed by atoms with E-state index >= 15 is 0 Å². The highest BCUT2D eigenvalue weighted by molar-refractivity contribution is 8.04. The van der Waals surface area contributed by atoms with Gasteiger partial charge in [-0.2, -0.15) is 0 Å². The first-order chi connectivity index (χ1) is 15.0. The van der Waals surface area contributed by atoms with E-state index in [-0.39, 0.29) is 29.6 Å². The van der Waals surface area contributed by atoms with Crippen molar-refractivity contribution in [3.05, 3.63) is 46.0 Å². The number of amides is 3. The van der Waals surface area contributed by atoms with Crippen molar-refractivity contribution in [2.75, 3.05) is 13.7 Å². The Balaban J connectivity index is 1.23. The first kappa shape index (κ1) is 21.6. The molecule has 164 valence electrons. The molecule has 7 nitrogen and oxygen atoms in total. The molecule has 2 heterocycles. The molecule has 1 aromatic carbocycles. The summed E-state index contributed by atoms with van der Waals surface area (Å²) in [4.78, 5) is 50.6.